The fourth-order valence-electron chi connectivity index (χ4n) is 5.98. The third kappa shape index (κ3) is 4.90. The standard InChI is InChI=1S/C21H25IO9S/c22-16-6-15(1-2-17(16)32(26,27)28)30-11-18(23)29-3-4-31-21-9-13-5-14(10-21)8-20(7-13,12-21)19(24)25/h1-2,6,13-14H,3-5,7-12H2,(H,24,25)(H,26,27,28). The summed E-state index contributed by atoms with van der Waals surface area (Å²) in [5.41, 5.74) is -1.10. The van der Waals surface area contributed by atoms with E-state index >= 15 is 0 Å². The molecule has 1 aromatic carbocycles. The number of carbonyl (C=O) groups excluding carboxylic acids is 1. The lowest BCUT2D eigenvalue weighted by molar-refractivity contribution is -0.209. The van der Waals surface area contributed by atoms with Crippen molar-refractivity contribution in [1.29, 1.82) is 0 Å². The van der Waals surface area contributed by atoms with Crippen molar-refractivity contribution < 1.29 is 41.9 Å². The zero-order valence-corrected chi connectivity index (χ0v) is 20.3. The molecule has 0 spiro atoms. The van der Waals surface area contributed by atoms with Crippen LogP contribution in [0.1, 0.15) is 38.5 Å². The van der Waals surface area contributed by atoms with Crippen LogP contribution in [0.3, 0.4) is 0 Å². The molecule has 4 aliphatic carbocycles. The third-order valence-corrected chi connectivity index (χ3v) is 8.92. The largest absolute Gasteiger partial charge is 0.482 e. The Morgan fingerprint density at radius 3 is 2.41 bits per heavy atom. The predicted molar refractivity (Wildman–Crippen MR) is 119 cm³/mol. The molecule has 0 aromatic heterocycles. The van der Waals surface area contributed by atoms with Gasteiger partial charge in [0.25, 0.3) is 10.1 Å². The molecule has 2 N–H and O–H groups in total. The Morgan fingerprint density at radius 1 is 1.12 bits per heavy atom. The lowest BCUT2D eigenvalue weighted by atomic mass is 9.48. The van der Waals surface area contributed by atoms with Crippen LogP contribution in [0.15, 0.2) is 23.1 Å². The van der Waals surface area contributed by atoms with Gasteiger partial charge in [-0.25, -0.2) is 4.79 Å². The Hall–Kier alpha value is -1.44. The minimum atomic E-state index is -4.32. The number of carboxylic acids is 1. The number of ether oxygens (including phenoxy) is 3. The zero-order valence-electron chi connectivity index (χ0n) is 17.3. The zero-order chi connectivity index (χ0) is 23.1. The second-order valence-electron chi connectivity index (χ2n) is 9.15. The van der Waals surface area contributed by atoms with Gasteiger partial charge in [0.05, 0.1) is 17.6 Å². The van der Waals surface area contributed by atoms with Gasteiger partial charge in [-0.2, -0.15) is 8.42 Å². The first-order valence-electron chi connectivity index (χ1n) is 10.4. The van der Waals surface area contributed by atoms with Crippen molar-refractivity contribution in [1.82, 2.24) is 0 Å². The van der Waals surface area contributed by atoms with Crippen LogP contribution in [0.2, 0.25) is 0 Å². The van der Waals surface area contributed by atoms with Gasteiger partial charge in [-0.05, 0) is 91.2 Å². The molecule has 4 saturated carbocycles. The monoisotopic (exact) mass is 580 g/mol. The van der Waals surface area contributed by atoms with Crippen LogP contribution in [0.4, 0.5) is 0 Å². The number of aliphatic carboxylic acids is 1. The third-order valence-electron chi connectivity index (χ3n) is 6.75. The molecule has 11 heteroatoms. The van der Waals surface area contributed by atoms with Crippen molar-refractivity contribution in [3.05, 3.63) is 21.8 Å². The normalized spacial score (nSPS) is 30.8. The van der Waals surface area contributed by atoms with Crippen molar-refractivity contribution in [2.45, 2.75) is 49.0 Å². The molecule has 0 saturated heterocycles. The maximum absolute atomic E-state index is 12.0. The molecule has 176 valence electrons. The molecule has 32 heavy (non-hydrogen) atoms. The van der Waals surface area contributed by atoms with Crippen molar-refractivity contribution in [3.63, 3.8) is 0 Å². The number of hydrogen-bond donors (Lipinski definition) is 2. The molecule has 4 fully saturated rings. The smallest absolute Gasteiger partial charge is 0.344 e. The topological polar surface area (TPSA) is 136 Å². The van der Waals surface area contributed by atoms with Crippen molar-refractivity contribution in [2.24, 2.45) is 17.3 Å². The summed E-state index contributed by atoms with van der Waals surface area (Å²) in [5.74, 6) is -0.281. The highest BCUT2D eigenvalue weighted by atomic mass is 127. The van der Waals surface area contributed by atoms with Crippen molar-refractivity contribution >= 4 is 44.6 Å². The van der Waals surface area contributed by atoms with Crippen LogP contribution >= 0.6 is 22.6 Å². The van der Waals surface area contributed by atoms with Crippen LogP contribution in [-0.2, 0) is 29.2 Å². The molecular weight excluding hydrogens is 555 g/mol. The van der Waals surface area contributed by atoms with Crippen LogP contribution in [0, 0.1) is 20.8 Å². The summed E-state index contributed by atoms with van der Waals surface area (Å²) in [6, 6.07) is 3.93. The van der Waals surface area contributed by atoms with Gasteiger partial charge < -0.3 is 19.3 Å². The fourth-order valence-corrected chi connectivity index (χ4v) is 7.84. The molecule has 4 aliphatic rings. The fraction of sp³-hybridized carbons (Fsp3) is 0.619. The summed E-state index contributed by atoms with van der Waals surface area (Å²) in [7, 11) is -4.32. The lowest BCUT2D eigenvalue weighted by Gasteiger charge is -2.60. The molecular formula is C21H25IO9S. The Bertz CT molecular complexity index is 1010. The van der Waals surface area contributed by atoms with Gasteiger partial charge in [0.15, 0.2) is 6.61 Å². The van der Waals surface area contributed by atoms with Gasteiger partial charge in [0.1, 0.15) is 17.3 Å². The first kappa shape index (κ1) is 23.7. The van der Waals surface area contributed by atoms with E-state index in [1.807, 2.05) is 0 Å². The van der Waals surface area contributed by atoms with E-state index in [0.29, 0.717) is 18.3 Å². The summed E-state index contributed by atoms with van der Waals surface area (Å²) in [6.45, 7) is -0.126. The second-order valence-corrected chi connectivity index (χ2v) is 11.7. The highest BCUT2D eigenvalue weighted by Crippen LogP contribution is 2.62. The average Bonchev–Trinajstić information content (AvgIpc) is 2.67. The molecule has 0 amide bonds. The molecule has 1 aromatic rings. The number of hydrogen-bond acceptors (Lipinski definition) is 7. The molecule has 0 aliphatic heterocycles. The van der Waals surface area contributed by atoms with Gasteiger partial charge in [0, 0.05) is 3.57 Å². The summed E-state index contributed by atoms with van der Waals surface area (Å²) in [6.07, 6.45) is 4.82. The van der Waals surface area contributed by atoms with Gasteiger partial charge in [-0.1, -0.05) is 0 Å². The van der Waals surface area contributed by atoms with E-state index in [-0.39, 0.29) is 34.0 Å². The van der Waals surface area contributed by atoms with Crippen molar-refractivity contribution in [3.8, 4) is 5.75 Å². The maximum atomic E-state index is 12.0. The van der Waals surface area contributed by atoms with Gasteiger partial charge in [-0.3, -0.25) is 9.35 Å². The van der Waals surface area contributed by atoms with E-state index in [1.165, 1.54) is 18.2 Å². The quantitative estimate of drug-likeness (QED) is 0.196. The van der Waals surface area contributed by atoms with Gasteiger partial charge in [0.2, 0.25) is 0 Å². The highest BCUT2D eigenvalue weighted by molar-refractivity contribution is 14.1. The van der Waals surface area contributed by atoms with E-state index in [2.05, 4.69) is 0 Å². The molecule has 9 nitrogen and oxygen atoms in total. The summed E-state index contributed by atoms with van der Waals surface area (Å²) in [5, 5.41) is 9.78. The molecule has 2 atom stereocenters. The second kappa shape index (κ2) is 8.73. The Balaban J connectivity index is 1.23. The molecule has 4 bridgehead atoms. The Labute approximate surface area is 199 Å². The minimum Gasteiger partial charge on any atom is -0.482 e. The van der Waals surface area contributed by atoms with Crippen LogP contribution in [0.25, 0.3) is 0 Å². The number of rotatable bonds is 9. The number of halogens is 1. The van der Waals surface area contributed by atoms with Gasteiger partial charge >= 0.3 is 11.9 Å². The minimum absolute atomic E-state index is 0.0403. The van der Waals surface area contributed by atoms with Crippen LogP contribution in [-0.4, -0.2) is 55.4 Å². The maximum Gasteiger partial charge on any atom is 0.344 e. The number of esters is 1. The van der Waals surface area contributed by atoms with E-state index in [0.717, 1.165) is 32.1 Å². The molecule has 0 radical (unpaired) electrons. The SMILES string of the molecule is O=C(COc1ccc(S(=O)(=O)O)c(I)c1)OCCOC12CC3CC(C1)CC(C(=O)O)(C3)C2. The Morgan fingerprint density at radius 2 is 1.81 bits per heavy atom. The number of carbonyl (C=O) groups is 2. The Kier molecular flexibility index (Phi) is 6.47. The van der Waals surface area contributed by atoms with Crippen LogP contribution < -0.4 is 4.74 Å². The summed E-state index contributed by atoms with van der Waals surface area (Å²) < 4.78 is 48.4. The van der Waals surface area contributed by atoms with E-state index in [9.17, 15) is 23.1 Å². The van der Waals surface area contributed by atoms with Crippen LogP contribution in [0.5, 0.6) is 5.75 Å². The predicted octanol–water partition coefficient (Wildman–Crippen LogP) is 2.90. The molecule has 5 rings (SSSR count). The number of carboxylic acid groups (broad SMARTS) is 1. The van der Waals surface area contributed by atoms with E-state index in [1.54, 1.807) is 22.6 Å². The molecule has 2 unspecified atom stereocenters. The first-order chi connectivity index (χ1) is 15.0. The first-order valence-corrected chi connectivity index (χ1v) is 13.0. The van der Waals surface area contributed by atoms with Crippen molar-refractivity contribution in [2.75, 3.05) is 19.8 Å². The molecule has 0 heterocycles. The summed E-state index contributed by atoms with van der Waals surface area (Å²) >= 11 is 1.75. The highest BCUT2D eigenvalue weighted by Gasteiger charge is 2.61. The van der Waals surface area contributed by atoms with Gasteiger partial charge in [-0.15, -0.1) is 0 Å². The van der Waals surface area contributed by atoms with E-state index < -0.39 is 33.1 Å². The van der Waals surface area contributed by atoms with E-state index in [4.69, 9.17) is 18.8 Å². The summed E-state index contributed by atoms with van der Waals surface area (Å²) in [4.78, 5) is 23.6. The lowest BCUT2D eigenvalue weighted by Crippen LogP contribution is -2.59. The average molecular weight is 580 g/mol. The number of benzene rings is 1.